The van der Waals surface area contributed by atoms with Gasteiger partial charge in [-0.15, -0.1) is 0 Å². The van der Waals surface area contributed by atoms with Crippen molar-refractivity contribution < 1.29 is 9.53 Å². The van der Waals surface area contributed by atoms with Gasteiger partial charge in [-0.3, -0.25) is 9.59 Å². The monoisotopic (exact) mass is 798 g/mol. The predicted molar refractivity (Wildman–Crippen MR) is 172 cm³/mol. The average Bonchev–Trinajstić information content (AvgIpc) is 2.88. The number of aryl methyl sites for hydroxylation is 2. The predicted octanol–water partition coefficient (Wildman–Crippen LogP) is 6.92. The Morgan fingerprint density at radius 3 is 2.53 bits per heavy atom. The van der Waals surface area contributed by atoms with Crippen molar-refractivity contribution in [2.75, 3.05) is 11.9 Å². The van der Waals surface area contributed by atoms with Crippen LogP contribution in [0.25, 0.3) is 10.9 Å². The third kappa shape index (κ3) is 7.20. The first-order valence-electron chi connectivity index (χ1n) is 12.0. The molecule has 0 aliphatic carbocycles. The minimum Gasteiger partial charge on any atom is -0.482 e. The highest BCUT2D eigenvalue weighted by Gasteiger charge is 2.13. The number of nitrogens with one attached hydrogen (secondary N) is 1. The number of nitrogens with zero attached hydrogens (tertiary/aromatic N) is 3. The molecule has 7 nitrogen and oxygen atoms in total. The maximum Gasteiger partial charge on any atom is 0.282 e. The molecule has 4 aromatic rings. The first-order valence-corrected chi connectivity index (χ1v) is 14.9. The number of benzene rings is 3. The summed E-state index contributed by atoms with van der Waals surface area (Å²) in [5, 5.41) is 7.88. The van der Waals surface area contributed by atoms with E-state index in [1.54, 1.807) is 12.3 Å². The fraction of sp³-hybridized carbons (Fsp3) is 0.214. The van der Waals surface area contributed by atoms with Gasteiger partial charge in [-0.25, -0.2) is 4.98 Å². The molecule has 38 heavy (non-hydrogen) atoms. The molecule has 0 atom stereocenters. The number of hydrogen-bond acceptors (Lipinski definition) is 5. The number of ether oxygens (including phenoxy) is 1. The van der Waals surface area contributed by atoms with Crippen LogP contribution in [-0.2, 0) is 11.2 Å². The van der Waals surface area contributed by atoms with Gasteiger partial charge in [0.2, 0.25) is 0 Å². The van der Waals surface area contributed by atoms with Crippen LogP contribution in [0.4, 0.5) is 5.69 Å². The maximum atomic E-state index is 13.3. The van der Waals surface area contributed by atoms with Crippen LogP contribution < -0.4 is 15.6 Å². The summed E-state index contributed by atoms with van der Waals surface area (Å²) in [5.41, 5.74) is 3.11. The molecule has 3 aromatic carbocycles. The fourth-order valence-electron chi connectivity index (χ4n) is 3.70. The van der Waals surface area contributed by atoms with Crippen molar-refractivity contribution in [3.63, 3.8) is 0 Å². The molecule has 0 saturated heterocycles. The molecule has 0 fully saturated rings. The van der Waals surface area contributed by atoms with Crippen molar-refractivity contribution in [3.8, 4) is 5.75 Å². The maximum absolute atomic E-state index is 13.3. The zero-order valence-corrected chi connectivity index (χ0v) is 26.7. The Balaban J connectivity index is 1.54. The zero-order valence-electron chi connectivity index (χ0n) is 20.8. The molecule has 0 aliphatic heterocycles. The second-order valence-electron chi connectivity index (χ2n) is 8.67. The first kappa shape index (κ1) is 28.7. The topological polar surface area (TPSA) is 85.6 Å². The van der Waals surface area contributed by atoms with Crippen molar-refractivity contribution in [2.45, 2.75) is 33.1 Å². The quantitative estimate of drug-likeness (QED) is 0.147. The standard InChI is InChI=1S/C28H25BrI2N4O3/c1-3-4-5-25-34-24-11-8-19(29)14-21(24)28(37)35(25)32-15-18-12-22(30)27(23(31)13-18)38-16-26(36)33-20-9-6-17(2)7-10-20/h6-15H,3-5,16H2,1-2H3,(H,33,36). The third-order valence-electron chi connectivity index (χ3n) is 5.66. The van der Waals surface area contributed by atoms with Crippen LogP contribution in [0.2, 0.25) is 0 Å². The zero-order chi connectivity index (χ0) is 27.2. The van der Waals surface area contributed by atoms with E-state index < -0.39 is 0 Å². The Bertz CT molecular complexity index is 1550. The molecule has 1 N–H and O–H groups in total. The number of fused-ring (bicyclic) bond motifs is 1. The van der Waals surface area contributed by atoms with Gasteiger partial charge < -0.3 is 10.1 Å². The van der Waals surface area contributed by atoms with Crippen LogP contribution in [0, 0.1) is 14.1 Å². The second-order valence-corrected chi connectivity index (χ2v) is 11.9. The summed E-state index contributed by atoms with van der Waals surface area (Å²) in [6.07, 6.45) is 4.20. The number of carbonyl (C=O) groups is 1. The fourth-order valence-corrected chi connectivity index (χ4v) is 6.19. The van der Waals surface area contributed by atoms with Crippen molar-refractivity contribution in [1.82, 2.24) is 9.66 Å². The lowest BCUT2D eigenvalue weighted by Crippen LogP contribution is -2.22. The minimum atomic E-state index is -0.236. The van der Waals surface area contributed by atoms with Gasteiger partial charge >= 0.3 is 0 Å². The van der Waals surface area contributed by atoms with Gasteiger partial charge in [0.25, 0.3) is 11.5 Å². The minimum absolute atomic E-state index is 0.109. The van der Waals surface area contributed by atoms with Gasteiger partial charge in [-0.05, 0) is 107 Å². The number of carbonyl (C=O) groups excluding carboxylic acids is 1. The van der Waals surface area contributed by atoms with Crippen LogP contribution in [0.5, 0.6) is 5.75 Å². The normalized spacial score (nSPS) is 11.3. The van der Waals surface area contributed by atoms with Gasteiger partial charge in [0.1, 0.15) is 11.6 Å². The van der Waals surface area contributed by atoms with Gasteiger partial charge in [0.05, 0.1) is 24.3 Å². The molecule has 10 heteroatoms. The lowest BCUT2D eigenvalue weighted by molar-refractivity contribution is -0.118. The van der Waals surface area contributed by atoms with Crippen LogP contribution >= 0.6 is 61.1 Å². The highest BCUT2D eigenvalue weighted by Crippen LogP contribution is 2.28. The Labute approximate surface area is 256 Å². The number of amides is 1. The molecule has 0 radical (unpaired) electrons. The molecular formula is C28H25BrI2N4O3. The Hall–Kier alpha value is -2.32. The molecule has 4 rings (SSSR count). The summed E-state index contributed by atoms with van der Waals surface area (Å²) in [4.78, 5) is 30.4. The molecule has 0 bridgehead atoms. The Morgan fingerprint density at radius 1 is 1.13 bits per heavy atom. The van der Waals surface area contributed by atoms with E-state index in [9.17, 15) is 9.59 Å². The summed E-state index contributed by atoms with van der Waals surface area (Å²) in [7, 11) is 0. The van der Waals surface area contributed by atoms with Crippen molar-refractivity contribution in [2.24, 2.45) is 5.10 Å². The van der Waals surface area contributed by atoms with Crippen LogP contribution in [0.3, 0.4) is 0 Å². The number of hydrogen-bond donors (Lipinski definition) is 1. The largest absolute Gasteiger partial charge is 0.482 e. The average molecular weight is 799 g/mol. The van der Waals surface area contributed by atoms with Crippen molar-refractivity contribution in [1.29, 1.82) is 0 Å². The lowest BCUT2D eigenvalue weighted by Gasteiger charge is -2.12. The molecular weight excluding hydrogens is 774 g/mol. The van der Waals surface area contributed by atoms with E-state index in [0.717, 1.165) is 41.3 Å². The smallest absolute Gasteiger partial charge is 0.282 e. The van der Waals surface area contributed by atoms with E-state index in [4.69, 9.17) is 9.72 Å². The van der Waals surface area contributed by atoms with Crippen molar-refractivity contribution >= 4 is 89.8 Å². The molecule has 0 aliphatic rings. The molecule has 0 unspecified atom stereocenters. The third-order valence-corrected chi connectivity index (χ3v) is 7.75. The summed E-state index contributed by atoms with van der Waals surface area (Å²) in [5.74, 6) is 1.02. The molecule has 1 amide bonds. The molecule has 1 aromatic heterocycles. The second kappa shape index (κ2) is 13.2. The van der Waals surface area contributed by atoms with Gasteiger partial charge in [-0.2, -0.15) is 9.78 Å². The summed E-state index contributed by atoms with van der Waals surface area (Å²) >= 11 is 7.79. The van der Waals surface area contributed by atoms with Gasteiger partial charge in [0, 0.05) is 16.6 Å². The molecule has 196 valence electrons. The number of anilines is 1. The van der Waals surface area contributed by atoms with Crippen LogP contribution in [0.15, 0.2) is 69.0 Å². The van der Waals surface area contributed by atoms with E-state index in [1.165, 1.54) is 4.68 Å². The van der Waals surface area contributed by atoms with Gasteiger partial charge in [-0.1, -0.05) is 47.0 Å². The summed E-state index contributed by atoms with van der Waals surface area (Å²) in [6.45, 7) is 3.99. The van der Waals surface area contributed by atoms with E-state index in [2.05, 4.69) is 78.5 Å². The number of unbranched alkanes of at least 4 members (excludes halogenated alkanes) is 1. The Kier molecular flexibility index (Phi) is 9.93. The van der Waals surface area contributed by atoms with Crippen molar-refractivity contribution in [3.05, 3.63) is 93.5 Å². The molecule has 0 saturated carbocycles. The van der Waals surface area contributed by atoms with E-state index in [0.29, 0.717) is 28.9 Å². The van der Waals surface area contributed by atoms with Crippen LogP contribution in [-0.4, -0.2) is 28.4 Å². The summed E-state index contributed by atoms with van der Waals surface area (Å²) < 4.78 is 9.71. The van der Waals surface area contributed by atoms with Crippen LogP contribution in [0.1, 0.15) is 36.7 Å². The van der Waals surface area contributed by atoms with E-state index >= 15 is 0 Å². The first-order chi connectivity index (χ1) is 18.2. The number of aromatic nitrogens is 2. The molecule has 0 spiro atoms. The SMILES string of the molecule is CCCCc1nc2ccc(Br)cc2c(=O)n1N=Cc1cc(I)c(OCC(=O)Nc2ccc(C)cc2)c(I)c1. The molecule has 1 heterocycles. The highest BCUT2D eigenvalue weighted by molar-refractivity contribution is 14.1. The summed E-state index contributed by atoms with van der Waals surface area (Å²) in [6, 6.07) is 16.9. The highest BCUT2D eigenvalue weighted by atomic mass is 127. The number of rotatable bonds is 9. The Morgan fingerprint density at radius 2 is 1.84 bits per heavy atom. The van der Waals surface area contributed by atoms with E-state index in [-0.39, 0.29) is 18.1 Å². The van der Waals surface area contributed by atoms with Gasteiger partial charge in [0.15, 0.2) is 6.61 Å². The van der Waals surface area contributed by atoms with E-state index in [1.807, 2.05) is 55.5 Å². The lowest BCUT2D eigenvalue weighted by atomic mass is 10.2. The number of halogens is 3.